The van der Waals surface area contributed by atoms with Crippen molar-refractivity contribution in [3.8, 4) is 11.5 Å². The Morgan fingerprint density at radius 1 is 1.10 bits per heavy atom. The minimum absolute atomic E-state index is 0.0455. The molecule has 4 heteroatoms. The van der Waals surface area contributed by atoms with E-state index in [1.807, 2.05) is 24.3 Å². The Morgan fingerprint density at radius 2 is 1.80 bits per heavy atom. The molecule has 2 aromatic carbocycles. The van der Waals surface area contributed by atoms with E-state index < -0.39 is 0 Å². The number of fused-ring (bicyclic) bond motifs is 1. The third kappa shape index (κ3) is 2.60. The van der Waals surface area contributed by atoms with Crippen molar-refractivity contribution in [3.63, 3.8) is 0 Å². The van der Waals surface area contributed by atoms with Crippen LogP contribution in [-0.2, 0) is 12.8 Å². The lowest BCUT2D eigenvalue weighted by atomic mass is 9.90. The maximum absolute atomic E-state index is 9.70. The molecule has 1 heterocycles. The van der Waals surface area contributed by atoms with Crippen molar-refractivity contribution in [2.75, 3.05) is 6.54 Å². The lowest BCUT2D eigenvalue weighted by molar-refractivity contribution is 0.398. The predicted octanol–water partition coefficient (Wildman–Crippen LogP) is 3.18. The highest BCUT2D eigenvalue weighted by Gasteiger charge is 2.21. The molecule has 0 amide bonds. The van der Waals surface area contributed by atoms with Gasteiger partial charge in [0.25, 0.3) is 0 Å². The van der Waals surface area contributed by atoms with Gasteiger partial charge in [0, 0.05) is 11.1 Å². The van der Waals surface area contributed by atoms with E-state index >= 15 is 0 Å². The van der Waals surface area contributed by atoms with Gasteiger partial charge in [-0.2, -0.15) is 0 Å². The first-order valence-corrected chi connectivity index (χ1v) is 7.04. The molecule has 3 nitrogen and oxygen atoms in total. The molecule has 0 aromatic heterocycles. The highest BCUT2D eigenvalue weighted by Crippen LogP contribution is 2.34. The Bertz CT molecular complexity index is 625. The molecule has 0 radical (unpaired) electrons. The second-order valence-corrected chi connectivity index (χ2v) is 5.56. The van der Waals surface area contributed by atoms with Crippen LogP contribution in [0.2, 0.25) is 5.02 Å². The maximum atomic E-state index is 9.70. The van der Waals surface area contributed by atoms with Crippen LogP contribution in [0, 0.1) is 0 Å². The summed E-state index contributed by atoms with van der Waals surface area (Å²) in [5, 5.41) is 23.5. The van der Waals surface area contributed by atoms with Gasteiger partial charge in [0.2, 0.25) is 0 Å². The van der Waals surface area contributed by atoms with Crippen molar-refractivity contribution in [1.29, 1.82) is 0 Å². The summed E-state index contributed by atoms with van der Waals surface area (Å²) in [6, 6.07) is 11.3. The van der Waals surface area contributed by atoms with Gasteiger partial charge in [-0.3, -0.25) is 0 Å². The molecule has 0 saturated heterocycles. The van der Waals surface area contributed by atoms with Gasteiger partial charge in [-0.15, -0.1) is 0 Å². The summed E-state index contributed by atoms with van der Waals surface area (Å²) in [7, 11) is 0. The molecular weight excluding hydrogens is 274 g/mol. The summed E-state index contributed by atoms with van der Waals surface area (Å²) in [5.41, 5.74) is 3.34. The van der Waals surface area contributed by atoms with E-state index in [-0.39, 0.29) is 17.5 Å². The Morgan fingerprint density at radius 3 is 2.55 bits per heavy atom. The summed E-state index contributed by atoms with van der Waals surface area (Å²) in [5.74, 6) is -0.107. The van der Waals surface area contributed by atoms with Crippen LogP contribution >= 0.6 is 11.6 Å². The van der Waals surface area contributed by atoms with Crippen LogP contribution < -0.4 is 5.32 Å². The number of phenolic OH excluding ortho intramolecular Hbond substituents is 2. The van der Waals surface area contributed by atoms with Crippen LogP contribution in [-0.4, -0.2) is 16.8 Å². The van der Waals surface area contributed by atoms with Gasteiger partial charge in [0.15, 0.2) is 11.5 Å². The molecule has 0 saturated carbocycles. The van der Waals surface area contributed by atoms with Crippen molar-refractivity contribution in [2.24, 2.45) is 0 Å². The molecule has 0 bridgehead atoms. The number of nitrogens with one attached hydrogen (secondary N) is 1. The van der Waals surface area contributed by atoms with Crippen molar-refractivity contribution >= 4 is 11.6 Å². The van der Waals surface area contributed by atoms with Crippen LogP contribution in [0.4, 0.5) is 0 Å². The van der Waals surface area contributed by atoms with Gasteiger partial charge in [0.05, 0.1) is 0 Å². The van der Waals surface area contributed by atoms with Crippen molar-refractivity contribution in [3.05, 3.63) is 58.1 Å². The number of rotatable bonds is 2. The smallest absolute Gasteiger partial charge is 0.157 e. The van der Waals surface area contributed by atoms with Gasteiger partial charge in [-0.25, -0.2) is 0 Å². The third-order valence-electron chi connectivity index (χ3n) is 3.75. The first kappa shape index (κ1) is 13.3. The summed E-state index contributed by atoms with van der Waals surface area (Å²) < 4.78 is 0. The highest BCUT2D eigenvalue weighted by molar-refractivity contribution is 6.30. The summed E-state index contributed by atoms with van der Waals surface area (Å²) in [6.07, 6.45) is 1.69. The molecule has 0 fully saturated rings. The number of phenols is 2. The summed E-state index contributed by atoms with van der Waals surface area (Å²) in [4.78, 5) is 0. The zero-order valence-electron chi connectivity index (χ0n) is 10.9. The average molecular weight is 290 g/mol. The first-order chi connectivity index (χ1) is 9.63. The quantitative estimate of drug-likeness (QED) is 0.744. The van der Waals surface area contributed by atoms with E-state index in [1.54, 1.807) is 12.1 Å². The van der Waals surface area contributed by atoms with Crippen molar-refractivity contribution in [2.45, 2.75) is 18.9 Å². The number of halogens is 1. The topological polar surface area (TPSA) is 52.5 Å². The lowest BCUT2D eigenvalue weighted by Crippen LogP contribution is -2.31. The molecule has 0 spiro atoms. The minimum Gasteiger partial charge on any atom is -0.504 e. The Kier molecular flexibility index (Phi) is 3.55. The minimum atomic E-state index is -0.0615. The van der Waals surface area contributed by atoms with Crippen LogP contribution in [0.3, 0.4) is 0 Å². The predicted molar refractivity (Wildman–Crippen MR) is 79.4 cm³/mol. The molecule has 0 aliphatic carbocycles. The van der Waals surface area contributed by atoms with Crippen molar-refractivity contribution in [1.82, 2.24) is 5.32 Å². The van der Waals surface area contributed by atoms with Crippen molar-refractivity contribution < 1.29 is 10.2 Å². The van der Waals surface area contributed by atoms with E-state index in [2.05, 4.69) is 5.32 Å². The van der Waals surface area contributed by atoms with E-state index in [1.165, 1.54) is 5.56 Å². The van der Waals surface area contributed by atoms with Crippen LogP contribution in [0.25, 0.3) is 0 Å². The molecule has 104 valence electrons. The first-order valence-electron chi connectivity index (χ1n) is 6.66. The third-order valence-corrected chi connectivity index (χ3v) is 4.00. The molecule has 1 aliphatic heterocycles. The second-order valence-electron chi connectivity index (χ2n) is 5.13. The molecule has 2 aromatic rings. The van der Waals surface area contributed by atoms with E-state index in [0.717, 1.165) is 35.5 Å². The molecule has 3 rings (SSSR count). The summed E-state index contributed by atoms with van der Waals surface area (Å²) in [6.45, 7) is 0.871. The van der Waals surface area contributed by atoms with Crippen LogP contribution in [0.15, 0.2) is 36.4 Å². The van der Waals surface area contributed by atoms with E-state index in [4.69, 9.17) is 11.6 Å². The number of hydrogen-bond acceptors (Lipinski definition) is 3. The number of benzene rings is 2. The Balaban J connectivity index is 1.89. The van der Waals surface area contributed by atoms with Gasteiger partial charge in [-0.05, 0) is 60.3 Å². The Labute approximate surface area is 122 Å². The SMILES string of the molecule is Oc1cc2c(cc1O)C(Cc1ccc(Cl)cc1)NCC2. The zero-order valence-corrected chi connectivity index (χ0v) is 11.7. The standard InChI is InChI=1S/C16H16ClNO2/c17-12-3-1-10(2-4-12)7-14-13-9-16(20)15(19)8-11(13)5-6-18-14/h1-4,8-9,14,18-20H,5-7H2. The van der Waals surface area contributed by atoms with Gasteiger partial charge in [-0.1, -0.05) is 23.7 Å². The molecule has 1 atom stereocenters. The molecule has 20 heavy (non-hydrogen) atoms. The lowest BCUT2D eigenvalue weighted by Gasteiger charge is -2.27. The molecule has 1 aliphatic rings. The van der Waals surface area contributed by atoms with Gasteiger partial charge in [0.1, 0.15) is 0 Å². The van der Waals surface area contributed by atoms with Gasteiger partial charge < -0.3 is 15.5 Å². The Hall–Kier alpha value is -1.71. The fourth-order valence-electron chi connectivity index (χ4n) is 2.71. The fourth-order valence-corrected chi connectivity index (χ4v) is 2.83. The normalized spacial score (nSPS) is 17.8. The van der Waals surface area contributed by atoms with Crippen LogP contribution in [0.5, 0.6) is 11.5 Å². The highest BCUT2D eigenvalue weighted by atomic mass is 35.5. The second kappa shape index (κ2) is 5.35. The largest absolute Gasteiger partial charge is 0.504 e. The summed E-state index contributed by atoms with van der Waals surface area (Å²) >= 11 is 5.90. The monoisotopic (exact) mass is 289 g/mol. The molecular formula is C16H16ClNO2. The maximum Gasteiger partial charge on any atom is 0.157 e. The van der Waals surface area contributed by atoms with E-state index in [9.17, 15) is 10.2 Å². The number of aromatic hydroxyl groups is 2. The number of hydrogen-bond donors (Lipinski definition) is 3. The fraction of sp³-hybridized carbons (Fsp3) is 0.250. The van der Waals surface area contributed by atoms with Gasteiger partial charge >= 0.3 is 0 Å². The van der Waals surface area contributed by atoms with E-state index in [0.29, 0.717) is 0 Å². The molecule has 3 N–H and O–H groups in total. The average Bonchev–Trinajstić information content (AvgIpc) is 2.43. The van der Waals surface area contributed by atoms with Crippen LogP contribution in [0.1, 0.15) is 22.7 Å². The zero-order chi connectivity index (χ0) is 14.1. The molecule has 1 unspecified atom stereocenters.